The van der Waals surface area contributed by atoms with E-state index >= 15 is 0 Å². The van der Waals surface area contributed by atoms with E-state index in [0.29, 0.717) is 29.2 Å². The Balaban J connectivity index is 0.00000144. The van der Waals surface area contributed by atoms with Gasteiger partial charge in [0.1, 0.15) is 5.78 Å². The molecule has 2 saturated heterocycles. The van der Waals surface area contributed by atoms with Crippen LogP contribution >= 0.6 is 12.4 Å². The zero-order valence-electron chi connectivity index (χ0n) is 13.7. The van der Waals surface area contributed by atoms with Crippen LogP contribution in [0.15, 0.2) is 24.3 Å². The number of halogens is 1. The van der Waals surface area contributed by atoms with E-state index < -0.39 is 0 Å². The summed E-state index contributed by atoms with van der Waals surface area (Å²) >= 11 is 0. The monoisotopic (exact) mass is 319 g/mol. The molecule has 4 bridgehead atoms. The summed E-state index contributed by atoms with van der Waals surface area (Å²) in [6.45, 7) is 4.14. The van der Waals surface area contributed by atoms with Gasteiger partial charge in [-0.05, 0) is 56.7 Å². The van der Waals surface area contributed by atoms with Crippen LogP contribution in [0, 0.1) is 11.8 Å². The molecule has 2 aliphatic carbocycles. The van der Waals surface area contributed by atoms with Gasteiger partial charge in [0.2, 0.25) is 0 Å². The molecule has 0 N–H and O–H groups in total. The Morgan fingerprint density at radius 3 is 2.73 bits per heavy atom. The Morgan fingerprint density at radius 2 is 2.05 bits per heavy atom. The predicted molar refractivity (Wildman–Crippen MR) is 91.6 cm³/mol. The lowest BCUT2D eigenvalue weighted by Crippen LogP contribution is -2.69. The maximum atomic E-state index is 12.1. The Kier molecular flexibility index (Phi) is 3.89. The van der Waals surface area contributed by atoms with Crippen molar-refractivity contribution < 1.29 is 4.79 Å². The molecule has 1 aromatic carbocycles. The van der Waals surface area contributed by atoms with E-state index in [1.807, 2.05) is 0 Å². The van der Waals surface area contributed by atoms with Gasteiger partial charge in [-0.3, -0.25) is 9.69 Å². The third kappa shape index (κ3) is 1.86. The van der Waals surface area contributed by atoms with E-state index in [9.17, 15) is 4.79 Å². The van der Waals surface area contributed by atoms with Crippen molar-refractivity contribution in [3.05, 3.63) is 35.4 Å². The maximum absolute atomic E-state index is 12.1. The second kappa shape index (κ2) is 5.35. The number of likely N-dealkylation sites (N-methyl/N-ethyl adjacent to an activating group) is 1. The van der Waals surface area contributed by atoms with Gasteiger partial charge in [0.15, 0.2) is 0 Å². The van der Waals surface area contributed by atoms with Crippen LogP contribution in [0.3, 0.4) is 0 Å². The Morgan fingerprint density at radius 1 is 1.32 bits per heavy atom. The molecule has 2 heterocycles. The van der Waals surface area contributed by atoms with Crippen molar-refractivity contribution in [1.82, 2.24) is 4.90 Å². The third-order valence-electron chi connectivity index (χ3n) is 6.90. The first-order chi connectivity index (χ1) is 10.1. The minimum Gasteiger partial charge on any atom is -0.300 e. The van der Waals surface area contributed by atoms with Crippen molar-refractivity contribution in [2.75, 3.05) is 7.05 Å². The summed E-state index contributed by atoms with van der Waals surface area (Å²) in [7, 11) is 2.25. The van der Waals surface area contributed by atoms with Crippen molar-refractivity contribution in [3.63, 3.8) is 0 Å². The number of fused-ring (bicyclic) bond motifs is 2. The highest BCUT2D eigenvalue weighted by Crippen LogP contribution is 2.59. The summed E-state index contributed by atoms with van der Waals surface area (Å²) in [6.07, 6.45) is 4.65. The first kappa shape index (κ1) is 16.0. The van der Waals surface area contributed by atoms with E-state index in [1.165, 1.54) is 19.3 Å². The fraction of sp³-hybridized carbons (Fsp3) is 0.632. The van der Waals surface area contributed by atoms with E-state index in [4.69, 9.17) is 0 Å². The second-order valence-electron chi connectivity index (χ2n) is 7.43. The average Bonchev–Trinajstić information content (AvgIpc) is 2.50. The van der Waals surface area contributed by atoms with Crippen LogP contribution in [0.1, 0.15) is 44.2 Å². The zero-order chi connectivity index (χ0) is 14.8. The highest BCUT2D eigenvalue weighted by atomic mass is 35.5. The lowest BCUT2D eigenvalue weighted by atomic mass is 9.48. The number of benzene rings is 1. The van der Waals surface area contributed by atoms with Gasteiger partial charge >= 0.3 is 0 Å². The summed E-state index contributed by atoms with van der Waals surface area (Å²) in [6, 6.07) is 10.1. The van der Waals surface area contributed by atoms with E-state index in [-0.39, 0.29) is 18.3 Å². The number of ketones is 1. The molecule has 0 amide bonds. The highest BCUT2D eigenvalue weighted by Gasteiger charge is 2.60. The standard InChI is InChI=1S/C19H25NO.ClH/c1-4-19-11-18-14(12(2)21)10-16(19)17(20(18)3)9-13-7-5-6-8-15(13)19;/h5-8,14,16-18H,4,9-11H2,1-3H3;1H/t14?,16?,17?,18?,19-;/m1./s1. The lowest BCUT2D eigenvalue weighted by Gasteiger charge is -2.65. The van der Waals surface area contributed by atoms with Crippen LogP contribution in [-0.2, 0) is 16.6 Å². The topological polar surface area (TPSA) is 20.3 Å². The molecule has 0 aromatic heterocycles. The number of rotatable bonds is 2. The van der Waals surface area contributed by atoms with Gasteiger partial charge in [-0.25, -0.2) is 0 Å². The van der Waals surface area contributed by atoms with Crippen LogP contribution in [0.4, 0.5) is 0 Å². The molecule has 5 rings (SSSR count). The summed E-state index contributed by atoms with van der Waals surface area (Å²) in [5.41, 5.74) is 3.46. The Labute approximate surface area is 139 Å². The molecule has 2 aliphatic heterocycles. The van der Waals surface area contributed by atoms with Gasteiger partial charge in [-0.1, -0.05) is 31.2 Å². The van der Waals surface area contributed by atoms with Gasteiger partial charge in [-0.2, -0.15) is 0 Å². The third-order valence-corrected chi connectivity index (χ3v) is 6.90. The van der Waals surface area contributed by atoms with Crippen molar-refractivity contribution in [3.8, 4) is 0 Å². The molecule has 3 fully saturated rings. The molecule has 3 heteroatoms. The molecule has 1 aromatic rings. The quantitative estimate of drug-likeness (QED) is 0.830. The van der Waals surface area contributed by atoms with Gasteiger partial charge in [0.25, 0.3) is 0 Å². The Bertz CT molecular complexity index is 601. The Hall–Kier alpha value is -0.860. The molecule has 0 spiro atoms. The van der Waals surface area contributed by atoms with Crippen molar-refractivity contribution >= 4 is 18.2 Å². The first-order valence-corrected chi connectivity index (χ1v) is 8.39. The number of hydrogen-bond acceptors (Lipinski definition) is 2. The SMILES string of the molecule is CC[C@]12CC3C(C(C)=O)CC1C(Cc1ccccc12)N3C.Cl. The van der Waals surface area contributed by atoms with Crippen LogP contribution in [-0.4, -0.2) is 29.8 Å². The normalized spacial score (nSPS) is 39.0. The van der Waals surface area contributed by atoms with Crippen molar-refractivity contribution in [2.24, 2.45) is 11.8 Å². The summed E-state index contributed by atoms with van der Waals surface area (Å²) in [4.78, 5) is 14.6. The van der Waals surface area contributed by atoms with Gasteiger partial charge in [-0.15, -0.1) is 12.4 Å². The first-order valence-electron chi connectivity index (χ1n) is 8.39. The number of carbonyl (C=O) groups excluding carboxylic acids is 1. The fourth-order valence-electron chi connectivity index (χ4n) is 5.85. The van der Waals surface area contributed by atoms with Gasteiger partial charge in [0.05, 0.1) is 0 Å². The van der Waals surface area contributed by atoms with Crippen LogP contribution in [0.5, 0.6) is 0 Å². The smallest absolute Gasteiger partial charge is 0.134 e. The summed E-state index contributed by atoms with van der Waals surface area (Å²) in [5, 5.41) is 0. The number of hydrogen-bond donors (Lipinski definition) is 0. The minimum absolute atomic E-state index is 0. The minimum atomic E-state index is 0. The zero-order valence-corrected chi connectivity index (χ0v) is 14.5. The average molecular weight is 320 g/mol. The molecular weight excluding hydrogens is 294 g/mol. The molecule has 4 aliphatic rings. The van der Waals surface area contributed by atoms with Crippen molar-refractivity contribution in [2.45, 2.75) is 57.0 Å². The van der Waals surface area contributed by atoms with Gasteiger partial charge in [0, 0.05) is 23.4 Å². The van der Waals surface area contributed by atoms with Gasteiger partial charge < -0.3 is 0 Å². The van der Waals surface area contributed by atoms with Crippen LogP contribution in [0.25, 0.3) is 0 Å². The molecule has 120 valence electrons. The fourth-order valence-corrected chi connectivity index (χ4v) is 5.85. The summed E-state index contributed by atoms with van der Waals surface area (Å²) < 4.78 is 0. The predicted octanol–water partition coefficient (Wildman–Crippen LogP) is 3.61. The number of carbonyl (C=O) groups is 1. The largest absolute Gasteiger partial charge is 0.300 e. The highest BCUT2D eigenvalue weighted by molar-refractivity contribution is 5.85. The number of Topliss-reactive ketones (excluding diaryl/α,β-unsaturated/α-hetero) is 1. The van der Waals surface area contributed by atoms with Crippen LogP contribution < -0.4 is 0 Å². The van der Waals surface area contributed by atoms with E-state index in [0.717, 1.165) is 6.42 Å². The van der Waals surface area contributed by atoms with Crippen molar-refractivity contribution in [1.29, 1.82) is 0 Å². The molecular formula is C19H26ClNO. The number of piperidine rings is 2. The van der Waals surface area contributed by atoms with Crippen LogP contribution in [0.2, 0.25) is 0 Å². The molecule has 0 radical (unpaired) electrons. The molecule has 1 saturated carbocycles. The van der Waals surface area contributed by atoms with E-state index in [1.54, 1.807) is 18.1 Å². The second-order valence-corrected chi connectivity index (χ2v) is 7.43. The lowest BCUT2D eigenvalue weighted by molar-refractivity contribution is -0.139. The molecule has 4 unspecified atom stereocenters. The molecule has 2 nitrogen and oxygen atoms in total. The molecule has 5 atom stereocenters. The maximum Gasteiger partial charge on any atom is 0.134 e. The van der Waals surface area contributed by atoms with E-state index in [2.05, 4.69) is 43.1 Å². The molecule has 22 heavy (non-hydrogen) atoms. The number of nitrogens with zero attached hydrogens (tertiary/aromatic N) is 1. The summed E-state index contributed by atoms with van der Waals surface area (Å²) in [5.74, 6) is 1.32.